The third-order valence-electron chi connectivity index (χ3n) is 4.05. The van der Waals surface area contributed by atoms with Crippen LogP contribution in [0.1, 0.15) is 27.1 Å². The quantitative estimate of drug-likeness (QED) is 0.251. The number of amides is 1. The van der Waals surface area contributed by atoms with Gasteiger partial charge in [-0.15, -0.1) is 0 Å². The first-order valence-corrected chi connectivity index (χ1v) is 9.60. The Morgan fingerprint density at radius 2 is 1.86 bits per heavy atom. The van der Waals surface area contributed by atoms with Gasteiger partial charge in [0.2, 0.25) is 0 Å². The molecule has 0 aliphatic carbocycles. The zero-order chi connectivity index (χ0) is 20.8. The molecule has 0 aliphatic heterocycles. The summed E-state index contributed by atoms with van der Waals surface area (Å²) in [7, 11) is 1.57. The number of hydrogen-bond acceptors (Lipinski definition) is 6. The van der Waals surface area contributed by atoms with Gasteiger partial charge in [-0.05, 0) is 48.9 Å². The molecule has 0 saturated carbocycles. The van der Waals surface area contributed by atoms with Gasteiger partial charge in [-0.3, -0.25) is 4.79 Å². The summed E-state index contributed by atoms with van der Waals surface area (Å²) in [5, 5.41) is 3.18. The van der Waals surface area contributed by atoms with Crippen LogP contribution in [0, 0.1) is 0 Å². The van der Waals surface area contributed by atoms with Crippen LogP contribution in [0.5, 0.6) is 5.75 Å². The standard InChI is InChI=1S/C21H18BrNO6/c1-27-10-2-9-23-19(24)17-11-14-5-8-16(12-18(14)29-21(17)26)28-20(25)13-3-6-15(22)7-4-13/h3-8,11-12H,2,9-10H2,1H3,(H,23,24). The van der Waals surface area contributed by atoms with Crippen LogP contribution in [-0.4, -0.2) is 32.1 Å². The van der Waals surface area contributed by atoms with Gasteiger partial charge in [0.25, 0.3) is 5.91 Å². The first-order valence-electron chi connectivity index (χ1n) is 8.81. The Morgan fingerprint density at radius 1 is 1.10 bits per heavy atom. The summed E-state index contributed by atoms with van der Waals surface area (Å²) in [6.45, 7) is 0.892. The van der Waals surface area contributed by atoms with Crippen molar-refractivity contribution >= 4 is 38.8 Å². The highest BCUT2D eigenvalue weighted by Gasteiger charge is 2.15. The predicted octanol–water partition coefficient (Wildman–Crippen LogP) is 3.54. The number of carbonyl (C=O) groups is 2. The average molecular weight is 460 g/mol. The van der Waals surface area contributed by atoms with Crippen molar-refractivity contribution in [2.24, 2.45) is 0 Å². The lowest BCUT2D eigenvalue weighted by atomic mass is 10.1. The Kier molecular flexibility index (Phi) is 6.79. The number of esters is 1. The molecule has 29 heavy (non-hydrogen) atoms. The molecular formula is C21H18BrNO6. The normalized spacial score (nSPS) is 10.7. The third-order valence-corrected chi connectivity index (χ3v) is 4.58. The smallest absolute Gasteiger partial charge is 0.349 e. The van der Waals surface area contributed by atoms with Gasteiger partial charge in [-0.25, -0.2) is 9.59 Å². The highest BCUT2D eigenvalue weighted by molar-refractivity contribution is 9.10. The van der Waals surface area contributed by atoms with Gasteiger partial charge in [0.1, 0.15) is 16.9 Å². The van der Waals surface area contributed by atoms with E-state index in [4.69, 9.17) is 13.9 Å². The predicted molar refractivity (Wildman–Crippen MR) is 110 cm³/mol. The summed E-state index contributed by atoms with van der Waals surface area (Å²) >= 11 is 3.30. The van der Waals surface area contributed by atoms with Crippen LogP contribution in [0.3, 0.4) is 0 Å². The van der Waals surface area contributed by atoms with Gasteiger partial charge in [-0.1, -0.05) is 15.9 Å². The maximum atomic E-state index is 12.2. The monoisotopic (exact) mass is 459 g/mol. The highest BCUT2D eigenvalue weighted by atomic mass is 79.9. The van der Waals surface area contributed by atoms with Crippen molar-refractivity contribution in [1.29, 1.82) is 0 Å². The van der Waals surface area contributed by atoms with Crippen molar-refractivity contribution in [3.8, 4) is 5.75 Å². The second-order valence-corrected chi connectivity index (χ2v) is 7.06. The minimum atomic E-state index is -0.766. The molecule has 1 heterocycles. The van der Waals surface area contributed by atoms with Gasteiger partial charge in [0.15, 0.2) is 0 Å². The van der Waals surface area contributed by atoms with Crippen molar-refractivity contribution in [1.82, 2.24) is 5.32 Å². The van der Waals surface area contributed by atoms with E-state index in [1.807, 2.05) is 0 Å². The Hall–Kier alpha value is -2.97. The molecule has 0 spiro atoms. The van der Waals surface area contributed by atoms with Crippen LogP contribution >= 0.6 is 15.9 Å². The van der Waals surface area contributed by atoms with E-state index in [0.717, 1.165) is 4.47 Å². The zero-order valence-corrected chi connectivity index (χ0v) is 17.2. The summed E-state index contributed by atoms with van der Waals surface area (Å²) in [5.74, 6) is -0.820. The maximum Gasteiger partial charge on any atom is 0.349 e. The second kappa shape index (κ2) is 9.49. The van der Waals surface area contributed by atoms with Crippen LogP contribution in [-0.2, 0) is 4.74 Å². The molecule has 1 amide bonds. The molecule has 0 fully saturated rings. The molecule has 0 saturated heterocycles. The van der Waals surface area contributed by atoms with Gasteiger partial charge >= 0.3 is 11.6 Å². The molecule has 3 aromatic rings. The van der Waals surface area contributed by atoms with E-state index in [0.29, 0.717) is 30.5 Å². The first kappa shape index (κ1) is 20.8. The van der Waals surface area contributed by atoms with Gasteiger partial charge in [0.05, 0.1) is 5.56 Å². The molecule has 0 aliphatic rings. The highest BCUT2D eigenvalue weighted by Crippen LogP contribution is 2.22. The number of halogens is 1. The third kappa shape index (κ3) is 5.30. The van der Waals surface area contributed by atoms with Crippen LogP contribution in [0.2, 0.25) is 0 Å². The molecule has 8 heteroatoms. The number of hydrogen-bond donors (Lipinski definition) is 1. The summed E-state index contributed by atoms with van der Waals surface area (Å²) in [4.78, 5) is 36.6. The number of ether oxygens (including phenoxy) is 2. The molecule has 0 bridgehead atoms. The number of rotatable bonds is 7. The van der Waals surface area contributed by atoms with Crippen LogP contribution in [0.25, 0.3) is 11.0 Å². The van der Waals surface area contributed by atoms with Crippen molar-refractivity contribution in [3.63, 3.8) is 0 Å². The second-order valence-electron chi connectivity index (χ2n) is 6.15. The summed E-state index contributed by atoms with van der Waals surface area (Å²) in [5.41, 5.74) is -0.255. The number of carbonyl (C=O) groups excluding carboxylic acids is 2. The molecule has 0 unspecified atom stereocenters. The Morgan fingerprint density at radius 3 is 2.59 bits per heavy atom. The fourth-order valence-corrected chi connectivity index (χ4v) is 2.84. The molecule has 150 valence electrons. The maximum absolute atomic E-state index is 12.2. The van der Waals surface area contributed by atoms with E-state index in [1.54, 1.807) is 43.5 Å². The summed E-state index contributed by atoms with van der Waals surface area (Å²) in [6.07, 6.45) is 0.633. The fourth-order valence-electron chi connectivity index (χ4n) is 2.58. The summed E-state index contributed by atoms with van der Waals surface area (Å²) in [6, 6.07) is 12.8. The van der Waals surface area contributed by atoms with E-state index in [2.05, 4.69) is 21.2 Å². The van der Waals surface area contributed by atoms with E-state index < -0.39 is 17.5 Å². The Balaban J connectivity index is 1.76. The minimum Gasteiger partial charge on any atom is -0.423 e. The Labute approximate surface area is 174 Å². The molecule has 7 nitrogen and oxygen atoms in total. The molecule has 1 N–H and O–H groups in total. The molecule has 0 radical (unpaired) electrons. The average Bonchev–Trinajstić information content (AvgIpc) is 2.71. The Bertz CT molecular complexity index is 1090. The largest absolute Gasteiger partial charge is 0.423 e. The molecule has 0 atom stereocenters. The van der Waals surface area contributed by atoms with E-state index in [1.165, 1.54) is 12.1 Å². The van der Waals surface area contributed by atoms with Crippen molar-refractivity contribution < 1.29 is 23.5 Å². The fraction of sp³-hybridized carbons (Fsp3) is 0.190. The molecule has 3 rings (SSSR count). The number of methoxy groups -OCH3 is 1. The van der Waals surface area contributed by atoms with Gasteiger partial charge < -0.3 is 19.2 Å². The van der Waals surface area contributed by atoms with Crippen LogP contribution in [0.15, 0.2) is 62.2 Å². The van der Waals surface area contributed by atoms with Crippen molar-refractivity contribution in [2.75, 3.05) is 20.3 Å². The lowest BCUT2D eigenvalue weighted by molar-refractivity contribution is 0.0734. The van der Waals surface area contributed by atoms with Gasteiger partial charge in [-0.2, -0.15) is 0 Å². The van der Waals surface area contributed by atoms with Gasteiger partial charge in [0, 0.05) is 36.2 Å². The van der Waals surface area contributed by atoms with Crippen LogP contribution < -0.4 is 15.7 Å². The number of nitrogens with one attached hydrogen (secondary N) is 1. The van der Waals surface area contributed by atoms with Crippen molar-refractivity contribution in [3.05, 3.63) is 74.6 Å². The minimum absolute atomic E-state index is 0.0884. The topological polar surface area (TPSA) is 94.8 Å². The molecule has 2 aromatic carbocycles. The van der Waals surface area contributed by atoms with E-state index in [9.17, 15) is 14.4 Å². The SMILES string of the molecule is COCCCNC(=O)c1cc2ccc(OC(=O)c3ccc(Br)cc3)cc2oc1=O. The zero-order valence-electron chi connectivity index (χ0n) is 15.6. The molecule has 1 aromatic heterocycles. The number of fused-ring (bicyclic) bond motifs is 1. The van der Waals surface area contributed by atoms with E-state index in [-0.39, 0.29) is 16.9 Å². The number of benzene rings is 2. The van der Waals surface area contributed by atoms with E-state index >= 15 is 0 Å². The van der Waals surface area contributed by atoms with Crippen molar-refractivity contribution in [2.45, 2.75) is 6.42 Å². The lowest BCUT2D eigenvalue weighted by Gasteiger charge is -2.07. The summed E-state index contributed by atoms with van der Waals surface area (Å²) < 4.78 is 16.3. The lowest BCUT2D eigenvalue weighted by Crippen LogP contribution is -2.29. The molecular weight excluding hydrogens is 442 g/mol. The van der Waals surface area contributed by atoms with Crippen LogP contribution in [0.4, 0.5) is 0 Å². The first-order chi connectivity index (χ1) is 14.0.